The fraction of sp³-hybridized carbons (Fsp3) is 0.231. The third-order valence-electron chi connectivity index (χ3n) is 2.40. The van der Waals surface area contributed by atoms with Crippen molar-refractivity contribution in [3.05, 3.63) is 39.9 Å². The van der Waals surface area contributed by atoms with Crippen LogP contribution in [0, 0.1) is 0 Å². The number of carbonyl (C=O) groups is 2. The molecule has 1 rings (SSSR count). The maximum Gasteiger partial charge on any atom is 0.305 e. The minimum Gasteiger partial charge on any atom is -0.481 e. The van der Waals surface area contributed by atoms with Gasteiger partial charge in [0.2, 0.25) is 5.91 Å². The van der Waals surface area contributed by atoms with E-state index in [4.69, 9.17) is 28.3 Å². The van der Waals surface area contributed by atoms with Gasteiger partial charge < -0.3 is 10.0 Å². The number of hydrogen-bond donors (Lipinski definition) is 1. The molecule has 1 N–H and O–H groups in total. The molecule has 1 aromatic rings. The second kappa shape index (κ2) is 7.16. The first-order valence-corrected chi connectivity index (χ1v) is 6.26. The summed E-state index contributed by atoms with van der Waals surface area (Å²) >= 11 is 11.8. The smallest absolute Gasteiger partial charge is 0.305 e. The van der Waals surface area contributed by atoms with Gasteiger partial charge in [0.15, 0.2) is 0 Å². The van der Waals surface area contributed by atoms with Crippen molar-refractivity contribution < 1.29 is 14.7 Å². The van der Waals surface area contributed by atoms with E-state index in [1.54, 1.807) is 24.3 Å². The van der Waals surface area contributed by atoms with Crippen LogP contribution < -0.4 is 0 Å². The Morgan fingerprint density at radius 2 is 2.05 bits per heavy atom. The summed E-state index contributed by atoms with van der Waals surface area (Å²) in [6.07, 6.45) is 2.79. The van der Waals surface area contributed by atoms with Crippen molar-refractivity contribution in [1.82, 2.24) is 4.90 Å². The molecule has 19 heavy (non-hydrogen) atoms. The van der Waals surface area contributed by atoms with E-state index in [-0.39, 0.29) is 18.9 Å². The van der Waals surface area contributed by atoms with Crippen LogP contribution in [0.2, 0.25) is 10.0 Å². The quantitative estimate of drug-likeness (QED) is 0.851. The highest BCUT2D eigenvalue weighted by Gasteiger charge is 2.07. The van der Waals surface area contributed by atoms with Gasteiger partial charge in [-0.3, -0.25) is 9.59 Å². The number of hydrogen-bond acceptors (Lipinski definition) is 2. The van der Waals surface area contributed by atoms with Crippen LogP contribution in [-0.2, 0) is 9.59 Å². The summed E-state index contributed by atoms with van der Waals surface area (Å²) in [6, 6.07) is 4.94. The number of aliphatic carboxylic acids is 1. The van der Waals surface area contributed by atoms with Crippen molar-refractivity contribution in [1.29, 1.82) is 0 Å². The fourth-order valence-electron chi connectivity index (χ4n) is 1.30. The van der Waals surface area contributed by atoms with Crippen LogP contribution in [0.5, 0.6) is 0 Å². The van der Waals surface area contributed by atoms with Crippen molar-refractivity contribution in [3.8, 4) is 0 Å². The Labute approximate surface area is 121 Å². The van der Waals surface area contributed by atoms with E-state index in [1.807, 2.05) is 0 Å². The van der Waals surface area contributed by atoms with Crippen molar-refractivity contribution in [2.45, 2.75) is 6.42 Å². The van der Waals surface area contributed by atoms with Crippen LogP contribution in [0.3, 0.4) is 0 Å². The first kappa shape index (κ1) is 15.5. The molecule has 1 amide bonds. The molecular formula is C13H13Cl2NO3. The highest BCUT2D eigenvalue weighted by Crippen LogP contribution is 2.21. The molecule has 0 aliphatic carbocycles. The normalized spacial score (nSPS) is 10.7. The molecule has 0 atom stereocenters. The monoisotopic (exact) mass is 301 g/mol. The number of carbonyl (C=O) groups excluding carboxylic acids is 1. The van der Waals surface area contributed by atoms with Gasteiger partial charge in [0, 0.05) is 29.7 Å². The number of nitrogens with zero attached hydrogens (tertiary/aromatic N) is 1. The zero-order valence-corrected chi connectivity index (χ0v) is 11.8. The summed E-state index contributed by atoms with van der Waals surface area (Å²) in [7, 11) is 1.54. The number of carboxylic acids is 1. The van der Waals surface area contributed by atoms with Gasteiger partial charge >= 0.3 is 5.97 Å². The molecule has 0 fully saturated rings. The van der Waals surface area contributed by atoms with Crippen LogP contribution in [0.15, 0.2) is 24.3 Å². The van der Waals surface area contributed by atoms with Gasteiger partial charge in [-0.1, -0.05) is 23.2 Å². The Balaban J connectivity index is 2.67. The highest BCUT2D eigenvalue weighted by atomic mass is 35.5. The van der Waals surface area contributed by atoms with Crippen LogP contribution in [0.4, 0.5) is 0 Å². The van der Waals surface area contributed by atoms with Gasteiger partial charge in [0.1, 0.15) is 0 Å². The molecule has 0 spiro atoms. The van der Waals surface area contributed by atoms with E-state index in [9.17, 15) is 9.59 Å². The lowest BCUT2D eigenvalue weighted by Crippen LogP contribution is -2.27. The maximum atomic E-state index is 11.7. The van der Waals surface area contributed by atoms with Crippen molar-refractivity contribution in [2.75, 3.05) is 13.6 Å². The third kappa shape index (κ3) is 5.32. The molecule has 0 saturated carbocycles. The lowest BCUT2D eigenvalue weighted by molar-refractivity contribution is -0.137. The largest absolute Gasteiger partial charge is 0.481 e. The minimum atomic E-state index is -0.943. The molecule has 0 unspecified atom stereocenters. The van der Waals surface area contributed by atoms with Gasteiger partial charge in [-0.2, -0.15) is 0 Å². The Morgan fingerprint density at radius 3 is 2.68 bits per heavy atom. The topological polar surface area (TPSA) is 57.6 Å². The first-order chi connectivity index (χ1) is 8.90. The average molecular weight is 302 g/mol. The van der Waals surface area contributed by atoms with Gasteiger partial charge in [-0.25, -0.2) is 0 Å². The number of benzene rings is 1. The van der Waals surface area contributed by atoms with Gasteiger partial charge in [-0.15, -0.1) is 0 Å². The molecule has 102 valence electrons. The third-order valence-corrected chi connectivity index (χ3v) is 2.98. The summed E-state index contributed by atoms with van der Waals surface area (Å²) in [5.41, 5.74) is 0.633. The number of carboxylic acid groups (broad SMARTS) is 1. The van der Waals surface area contributed by atoms with Gasteiger partial charge in [0.25, 0.3) is 0 Å². The number of likely N-dealkylation sites (N-methyl/N-ethyl adjacent to an activating group) is 1. The van der Waals surface area contributed by atoms with E-state index in [2.05, 4.69) is 0 Å². The zero-order chi connectivity index (χ0) is 14.4. The Morgan fingerprint density at radius 1 is 1.37 bits per heavy atom. The van der Waals surface area contributed by atoms with Gasteiger partial charge in [0.05, 0.1) is 6.42 Å². The summed E-state index contributed by atoms with van der Waals surface area (Å²) in [6.45, 7) is 0.155. The fourth-order valence-corrected chi connectivity index (χ4v) is 1.67. The van der Waals surface area contributed by atoms with Crippen molar-refractivity contribution in [3.63, 3.8) is 0 Å². The number of amides is 1. The highest BCUT2D eigenvalue weighted by molar-refractivity contribution is 6.34. The second-order valence-electron chi connectivity index (χ2n) is 3.90. The van der Waals surface area contributed by atoms with E-state index >= 15 is 0 Å². The van der Waals surface area contributed by atoms with E-state index in [0.717, 1.165) is 0 Å². The summed E-state index contributed by atoms with van der Waals surface area (Å²) < 4.78 is 0. The van der Waals surface area contributed by atoms with Crippen LogP contribution in [-0.4, -0.2) is 35.5 Å². The summed E-state index contributed by atoms with van der Waals surface area (Å²) in [4.78, 5) is 23.4. The lowest BCUT2D eigenvalue weighted by atomic mass is 10.2. The predicted molar refractivity (Wildman–Crippen MR) is 75.4 cm³/mol. The van der Waals surface area contributed by atoms with E-state index in [1.165, 1.54) is 18.0 Å². The molecule has 0 saturated heterocycles. The lowest BCUT2D eigenvalue weighted by Gasteiger charge is -2.13. The molecule has 6 heteroatoms. The summed E-state index contributed by atoms with van der Waals surface area (Å²) in [5.74, 6) is -1.24. The Hall–Kier alpha value is -1.52. The standard InChI is InChI=1S/C13H13Cl2NO3/c1-16(7-6-13(18)19)12(17)5-2-9-8-10(14)3-4-11(9)15/h2-5,8H,6-7H2,1H3,(H,18,19). The van der Waals surface area contributed by atoms with Crippen LogP contribution in [0.25, 0.3) is 6.08 Å². The predicted octanol–water partition coefficient (Wildman–Crippen LogP) is 2.94. The number of halogens is 2. The zero-order valence-electron chi connectivity index (χ0n) is 10.3. The second-order valence-corrected chi connectivity index (χ2v) is 4.75. The van der Waals surface area contributed by atoms with Gasteiger partial charge in [-0.05, 0) is 29.8 Å². The Bertz CT molecular complexity index is 515. The molecule has 0 radical (unpaired) electrons. The van der Waals surface area contributed by atoms with E-state index < -0.39 is 5.97 Å². The molecule has 0 heterocycles. The first-order valence-electron chi connectivity index (χ1n) is 5.50. The number of rotatable bonds is 5. The van der Waals surface area contributed by atoms with E-state index in [0.29, 0.717) is 15.6 Å². The molecule has 0 aliphatic heterocycles. The average Bonchev–Trinajstić information content (AvgIpc) is 2.36. The maximum absolute atomic E-state index is 11.7. The molecule has 4 nitrogen and oxygen atoms in total. The SMILES string of the molecule is CN(CCC(=O)O)C(=O)C=Cc1cc(Cl)ccc1Cl. The molecular weight excluding hydrogens is 289 g/mol. The van der Waals surface area contributed by atoms with Crippen LogP contribution >= 0.6 is 23.2 Å². The van der Waals surface area contributed by atoms with Crippen molar-refractivity contribution in [2.24, 2.45) is 0 Å². The van der Waals surface area contributed by atoms with Crippen molar-refractivity contribution >= 4 is 41.2 Å². The molecule has 1 aromatic carbocycles. The van der Waals surface area contributed by atoms with Crippen LogP contribution in [0.1, 0.15) is 12.0 Å². The molecule has 0 aliphatic rings. The molecule has 0 bridgehead atoms. The minimum absolute atomic E-state index is 0.0893. The molecule has 0 aromatic heterocycles. The summed E-state index contributed by atoms with van der Waals surface area (Å²) in [5, 5.41) is 9.54. The Kier molecular flexibility index (Phi) is 5.86.